The second-order valence-corrected chi connectivity index (χ2v) is 4.83. The Bertz CT molecular complexity index is 651. The van der Waals surface area contributed by atoms with Gasteiger partial charge in [-0.1, -0.05) is 12.1 Å². The number of Topliss-reactive ketones (excluding diaryl/α,β-unsaturated/α-hetero) is 1. The highest BCUT2D eigenvalue weighted by molar-refractivity contribution is 6.33. The van der Waals surface area contributed by atoms with Crippen molar-refractivity contribution in [1.82, 2.24) is 9.97 Å². The minimum absolute atomic E-state index is 0.172. The number of rotatable bonds is 6. The van der Waals surface area contributed by atoms with E-state index in [0.717, 1.165) is 29.7 Å². The van der Waals surface area contributed by atoms with Crippen molar-refractivity contribution in [3.05, 3.63) is 59.2 Å². The maximum atomic E-state index is 11.1. The Hall–Kier alpha value is -2.56. The van der Waals surface area contributed by atoms with Crippen LogP contribution in [0.1, 0.15) is 22.5 Å². The van der Waals surface area contributed by atoms with E-state index in [0.29, 0.717) is 5.69 Å². The third-order valence-electron chi connectivity index (χ3n) is 3.23. The van der Waals surface area contributed by atoms with Crippen LogP contribution in [0.5, 0.6) is 0 Å². The van der Waals surface area contributed by atoms with Gasteiger partial charge in [-0.2, -0.15) is 0 Å². The number of aryl methyl sites for hydroxylation is 3. The molecule has 0 amide bonds. The van der Waals surface area contributed by atoms with Crippen molar-refractivity contribution in [3.8, 4) is 0 Å². The Labute approximate surface area is 122 Å². The third-order valence-corrected chi connectivity index (χ3v) is 3.23. The summed E-state index contributed by atoms with van der Waals surface area (Å²) in [7, 11) is 0. The summed E-state index contributed by atoms with van der Waals surface area (Å²) in [6, 6.07) is 7.51. The van der Waals surface area contributed by atoms with Crippen molar-refractivity contribution in [2.24, 2.45) is 0 Å². The molecule has 1 N–H and O–H groups in total. The number of carboxylic acids is 1. The first-order valence-corrected chi connectivity index (χ1v) is 6.66. The Kier molecular flexibility index (Phi) is 4.77. The van der Waals surface area contributed by atoms with E-state index < -0.39 is 11.8 Å². The Morgan fingerprint density at radius 3 is 2.57 bits per heavy atom. The highest BCUT2D eigenvalue weighted by Crippen LogP contribution is 2.09. The molecule has 0 fully saturated rings. The lowest BCUT2D eigenvalue weighted by molar-refractivity contribution is -0.148. The average Bonchev–Trinajstić information content (AvgIpc) is 2.48. The van der Waals surface area contributed by atoms with Crippen LogP contribution in [0, 0.1) is 6.92 Å². The molecule has 21 heavy (non-hydrogen) atoms. The van der Waals surface area contributed by atoms with Crippen molar-refractivity contribution in [2.45, 2.75) is 26.2 Å². The van der Waals surface area contributed by atoms with Crippen LogP contribution in [-0.2, 0) is 28.9 Å². The van der Waals surface area contributed by atoms with Crippen LogP contribution in [0.2, 0.25) is 0 Å². The number of nitrogens with zero attached hydrogens (tertiary/aromatic N) is 2. The maximum absolute atomic E-state index is 11.1. The van der Waals surface area contributed by atoms with E-state index in [4.69, 9.17) is 5.11 Å². The Morgan fingerprint density at radius 2 is 1.95 bits per heavy atom. The van der Waals surface area contributed by atoms with Crippen molar-refractivity contribution >= 4 is 11.8 Å². The summed E-state index contributed by atoms with van der Waals surface area (Å²) < 4.78 is 0. The standard InChI is InChI=1S/C16H16N2O3/c1-11-3-2-8-17-14(11)7-5-12-4-6-13(18-10-12)9-15(19)16(20)21/h2-4,6,8,10H,5,7,9H2,1H3,(H,20,21). The zero-order valence-corrected chi connectivity index (χ0v) is 11.7. The summed E-state index contributed by atoms with van der Waals surface area (Å²) in [4.78, 5) is 30.0. The lowest BCUT2D eigenvalue weighted by Crippen LogP contribution is -2.15. The van der Waals surface area contributed by atoms with Crippen LogP contribution < -0.4 is 0 Å². The molecule has 2 aromatic heterocycles. The van der Waals surface area contributed by atoms with E-state index in [-0.39, 0.29) is 6.42 Å². The van der Waals surface area contributed by atoms with E-state index in [1.165, 1.54) is 0 Å². The predicted octanol–water partition coefficient (Wildman–Crippen LogP) is 1.77. The fourth-order valence-corrected chi connectivity index (χ4v) is 1.99. The van der Waals surface area contributed by atoms with Gasteiger partial charge >= 0.3 is 5.97 Å². The van der Waals surface area contributed by atoms with E-state index in [1.54, 1.807) is 18.5 Å². The number of pyridine rings is 2. The predicted molar refractivity (Wildman–Crippen MR) is 77.0 cm³/mol. The summed E-state index contributed by atoms with van der Waals surface area (Å²) >= 11 is 0. The normalized spacial score (nSPS) is 10.3. The summed E-state index contributed by atoms with van der Waals surface area (Å²) in [5, 5.41) is 8.55. The topological polar surface area (TPSA) is 80.2 Å². The summed E-state index contributed by atoms with van der Waals surface area (Å²) in [6.07, 6.45) is 4.92. The van der Waals surface area contributed by atoms with Crippen LogP contribution in [0.3, 0.4) is 0 Å². The molecular formula is C16H16N2O3. The number of carboxylic acid groups (broad SMARTS) is 1. The van der Waals surface area contributed by atoms with E-state index in [1.807, 2.05) is 25.1 Å². The summed E-state index contributed by atoms with van der Waals surface area (Å²) in [6.45, 7) is 2.03. The van der Waals surface area contributed by atoms with Crippen molar-refractivity contribution in [1.29, 1.82) is 0 Å². The highest BCUT2D eigenvalue weighted by atomic mass is 16.4. The van der Waals surface area contributed by atoms with Crippen LogP contribution in [0.25, 0.3) is 0 Å². The van der Waals surface area contributed by atoms with Gasteiger partial charge in [-0.05, 0) is 43.0 Å². The van der Waals surface area contributed by atoms with Gasteiger partial charge in [0, 0.05) is 23.8 Å². The molecule has 0 radical (unpaired) electrons. The number of carbonyl (C=O) groups is 2. The Morgan fingerprint density at radius 1 is 1.14 bits per heavy atom. The maximum Gasteiger partial charge on any atom is 0.372 e. The molecule has 2 rings (SSSR count). The van der Waals surface area contributed by atoms with Crippen molar-refractivity contribution in [2.75, 3.05) is 0 Å². The number of carbonyl (C=O) groups excluding carboxylic acids is 1. The summed E-state index contributed by atoms with van der Waals surface area (Å²) in [5.74, 6) is -2.27. The van der Waals surface area contributed by atoms with Gasteiger partial charge in [0.2, 0.25) is 5.78 Å². The lowest BCUT2D eigenvalue weighted by atomic mass is 10.1. The second kappa shape index (κ2) is 6.74. The van der Waals surface area contributed by atoms with Crippen LogP contribution in [0.15, 0.2) is 36.7 Å². The minimum atomic E-state index is -1.42. The number of hydrogen-bond acceptors (Lipinski definition) is 4. The molecule has 0 unspecified atom stereocenters. The van der Waals surface area contributed by atoms with Gasteiger partial charge in [-0.3, -0.25) is 14.8 Å². The molecule has 0 aliphatic heterocycles. The van der Waals surface area contributed by atoms with E-state index >= 15 is 0 Å². The lowest BCUT2D eigenvalue weighted by Gasteiger charge is -2.05. The third kappa shape index (κ3) is 4.21. The van der Waals surface area contributed by atoms with Crippen molar-refractivity contribution < 1.29 is 14.7 Å². The molecule has 108 valence electrons. The van der Waals surface area contributed by atoms with Crippen LogP contribution >= 0.6 is 0 Å². The average molecular weight is 284 g/mol. The van der Waals surface area contributed by atoms with Crippen LogP contribution in [-0.4, -0.2) is 26.8 Å². The zero-order chi connectivity index (χ0) is 15.2. The SMILES string of the molecule is Cc1cccnc1CCc1ccc(CC(=O)C(=O)O)nc1. The van der Waals surface area contributed by atoms with Crippen molar-refractivity contribution in [3.63, 3.8) is 0 Å². The van der Waals surface area contributed by atoms with Gasteiger partial charge in [0.1, 0.15) is 0 Å². The zero-order valence-electron chi connectivity index (χ0n) is 11.7. The fourth-order valence-electron chi connectivity index (χ4n) is 1.99. The molecule has 5 heteroatoms. The molecule has 2 heterocycles. The molecule has 0 saturated carbocycles. The molecule has 0 saturated heterocycles. The number of aromatic nitrogens is 2. The van der Waals surface area contributed by atoms with Gasteiger partial charge in [-0.15, -0.1) is 0 Å². The van der Waals surface area contributed by atoms with Gasteiger partial charge in [0.15, 0.2) is 0 Å². The van der Waals surface area contributed by atoms with Gasteiger partial charge in [-0.25, -0.2) is 4.79 Å². The molecule has 0 bridgehead atoms. The summed E-state index contributed by atoms with van der Waals surface area (Å²) in [5.41, 5.74) is 3.73. The molecule has 0 aliphatic carbocycles. The largest absolute Gasteiger partial charge is 0.475 e. The second-order valence-electron chi connectivity index (χ2n) is 4.83. The van der Waals surface area contributed by atoms with Gasteiger partial charge in [0.25, 0.3) is 0 Å². The van der Waals surface area contributed by atoms with E-state index in [9.17, 15) is 9.59 Å². The smallest absolute Gasteiger partial charge is 0.372 e. The van der Waals surface area contributed by atoms with Gasteiger partial charge in [0.05, 0.1) is 6.42 Å². The number of hydrogen-bond donors (Lipinski definition) is 1. The minimum Gasteiger partial charge on any atom is -0.475 e. The number of aliphatic carboxylic acids is 1. The first kappa shape index (κ1) is 14.8. The molecule has 2 aromatic rings. The van der Waals surface area contributed by atoms with Crippen LogP contribution in [0.4, 0.5) is 0 Å². The fraction of sp³-hybridized carbons (Fsp3) is 0.250. The first-order valence-electron chi connectivity index (χ1n) is 6.66. The molecule has 0 spiro atoms. The number of ketones is 1. The molecule has 0 atom stereocenters. The highest BCUT2D eigenvalue weighted by Gasteiger charge is 2.12. The monoisotopic (exact) mass is 284 g/mol. The van der Waals surface area contributed by atoms with E-state index in [2.05, 4.69) is 9.97 Å². The quantitative estimate of drug-likeness (QED) is 0.818. The molecule has 5 nitrogen and oxygen atoms in total. The molecular weight excluding hydrogens is 268 g/mol. The van der Waals surface area contributed by atoms with Gasteiger partial charge < -0.3 is 5.11 Å². The molecule has 0 aromatic carbocycles. The molecule has 0 aliphatic rings. The Balaban J connectivity index is 1.95. The first-order chi connectivity index (χ1) is 10.1.